The Balaban J connectivity index is 0.630. The Bertz CT molecular complexity index is 4040. The number of piperidine rings is 1. The van der Waals surface area contributed by atoms with E-state index in [9.17, 15) is 53.1 Å². The number of aromatic nitrogens is 1. The molecular formula is C93H139N7O25S. The number of carbonyl (C=O) groups excluding carboxylic acids is 7. The third kappa shape index (κ3) is 33.9. The zero-order chi connectivity index (χ0) is 90.9. The van der Waals surface area contributed by atoms with Crippen molar-refractivity contribution >= 4 is 58.0 Å². The molecule has 4 aliphatic heterocycles. The fraction of sp³-hybridized carbons (Fsp3) is 0.656. The number of nitrogen functional groups attached to an aromatic ring is 1. The lowest BCUT2D eigenvalue weighted by atomic mass is 9.80. The van der Waals surface area contributed by atoms with Gasteiger partial charge in [0.2, 0.25) is 11.7 Å². The number of esters is 1. The molecule has 5 heterocycles. The predicted octanol–water partition coefficient (Wildman–Crippen LogP) is 8.21. The highest BCUT2D eigenvalue weighted by Crippen LogP contribution is 2.39. The van der Waals surface area contributed by atoms with E-state index >= 15 is 0 Å². The number of aliphatic hydroxyl groups is 3. The molecule has 3 aromatic rings. The summed E-state index contributed by atoms with van der Waals surface area (Å²) >= 11 is 0. The molecular weight excluding hydrogens is 1650 g/mol. The zero-order valence-corrected chi connectivity index (χ0v) is 76.0. The molecule has 126 heavy (non-hydrogen) atoms. The molecule has 702 valence electrons. The SMILES string of the molecule is CO[C@H]1C[C@@H]2CC[C@@H](C)[C@@](O)(O2)C(=O)C(=O)N2CCCC[C@H]2C(=O)O[C@H]([C@H](N)C[C@@H]2CC[C@@H](OC(=O)NCCOCCOCCOCCOCCOCCOCCOCCOCCC(=O)NCCS(=O)c3ccc(C(=O)N4CCOc5ccc(-c6ccc(N)nc6)cc5C4)c(C)c3)[C@H](OC)C2)CC[C@H](C)/C=C(\C)[C@@H](O)[C@@H](O)C(=O)[C@H](C)C[C@H](C)/C=C/C=CC=C1C. The van der Waals surface area contributed by atoms with Crippen molar-refractivity contribution in [3.63, 3.8) is 0 Å². The van der Waals surface area contributed by atoms with Crippen LogP contribution in [0, 0.1) is 36.5 Å². The number of nitrogens with zero attached hydrogens (tertiary/aromatic N) is 3. The number of hydrogen-bond acceptors (Lipinski definition) is 28. The van der Waals surface area contributed by atoms with E-state index in [2.05, 4.69) is 15.6 Å². The van der Waals surface area contributed by atoms with Crippen LogP contribution in [-0.4, -0.2) is 295 Å². The largest absolute Gasteiger partial charge is 0.491 e. The maximum absolute atomic E-state index is 14.7. The van der Waals surface area contributed by atoms with Gasteiger partial charge in [-0.05, 0) is 180 Å². The number of rotatable bonds is 39. The average molecular weight is 1790 g/mol. The van der Waals surface area contributed by atoms with Gasteiger partial charge in [-0.2, -0.15) is 0 Å². The second kappa shape index (κ2) is 55.3. The number of ketones is 2. The topological polar surface area (TPSA) is 422 Å². The van der Waals surface area contributed by atoms with Crippen molar-refractivity contribution in [1.82, 2.24) is 25.4 Å². The number of carbonyl (C=O) groups is 7. The number of amides is 4. The second-order valence-electron chi connectivity index (χ2n) is 33.4. The normalized spacial score (nSPS) is 26.5. The number of Topliss-reactive ketones (excluding diaryl/α,β-unsaturated/α-hetero) is 2. The summed E-state index contributed by atoms with van der Waals surface area (Å²) in [7, 11) is 1.71. The third-order valence-electron chi connectivity index (χ3n) is 23.6. The highest BCUT2D eigenvalue weighted by atomic mass is 32.2. The summed E-state index contributed by atoms with van der Waals surface area (Å²) in [6, 6.07) is 12.8. The number of hydrogen-bond donors (Lipinski definition) is 7. The van der Waals surface area contributed by atoms with Gasteiger partial charge in [-0.15, -0.1) is 0 Å². The Morgan fingerprint density at radius 1 is 0.667 bits per heavy atom. The highest BCUT2D eigenvalue weighted by molar-refractivity contribution is 7.85. The standard InChI is InChI=1S/C93H139N7O25S/c1-62-15-11-10-12-16-64(3)81(112-8)59-73-23-19-68(7)93(110,125-73)88(105)90(107)100-33-14-13-17-77(100)91(108)123-79(26-18-63(2)54-67(6)86(103)87(104)85(102)66(5)53-62)76(94)56-69-20-27-80(82(57-69)113-9)124-92(109)97-31-36-115-39-41-117-43-45-119-47-49-121-51-50-120-48-46-118-44-42-116-40-38-114-35-30-84(101)96-32-52-126(111)74-24-25-75(65(4)55-74)89(106)99-34-37-122-78-28-21-70(58-72(78)61-99)71-22-29-83(95)98-60-71/h10-12,15-16,21-22,24-25,28-29,54-55,58,60,62-63,66,68-69,73,76-77,79-82,86-87,103-104,110H,13-14,17-20,23,26-27,30-53,56-57,59,61,94H2,1-9H3,(H2,95,98)(H,96,101)(H,97,109)/b12-10?,15-11+,64-16?,67-54+/t62-,63+,66-,68-,69+,73+,76-,77+,79+,80-,81+,82-,86-,87+,93-,126?/m1/s1. The van der Waals surface area contributed by atoms with Crippen molar-refractivity contribution in [3.8, 4) is 16.9 Å². The van der Waals surface area contributed by atoms with E-state index < -0.39 is 113 Å². The summed E-state index contributed by atoms with van der Waals surface area (Å²) in [6.07, 6.45) is 11.7. The van der Waals surface area contributed by atoms with Gasteiger partial charge >= 0.3 is 12.1 Å². The molecule has 9 N–H and O–H groups in total. The number of fused-ring (bicyclic) bond motifs is 4. The van der Waals surface area contributed by atoms with Crippen molar-refractivity contribution in [2.45, 2.75) is 210 Å². The molecule has 5 aliphatic rings. The number of allylic oxidation sites excluding steroid dienone is 6. The molecule has 0 radical (unpaired) electrons. The lowest BCUT2D eigenvalue weighted by molar-refractivity contribution is -0.265. The van der Waals surface area contributed by atoms with E-state index in [1.54, 1.807) is 76.4 Å². The molecule has 0 spiro atoms. The second-order valence-corrected chi connectivity index (χ2v) is 34.9. The first-order valence-corrected chi connectivity index (χ1v) is 46.0. The Hall–Kier alpha value is -7.81. The van der Waals surface area contributed by atoms with Crippen LogP contribution in [0.5, 0.6) is 5.75 Å². The number of nitrogens with two attached hydrogens (primary N) is 2. The molecule has 2 saturated heterocycles. The molecule has 4 amide bonds. The van der Waals surface area contributed by atoms with Crippen LogP contribution in [0.25, 0.3) is 11.1 Å². The van der Waals surface area contributed by atoms with Crippen molar-refractivity contribution in [3.05, 3.63) is 119 Å². The molecule has 2 aromatic carbocycles. The molecule has 1 aromatic heterocycles. The minimum absolute atomic E-state index is 0.0386. The van der Waals surface area contributed by atoms with Crippen LogP contribution in [0.4, 0.5) is 10.6 Å². The lowest BCUT2D eigenvalue weighted by Crippen LogP contribution is -2.61. The van der Waals surface area contributed by atoms with E-state index in [4.69, 9.17) is 77.8 Å². The Kier molecular flexibility index (Phi) is 45.4. The van der Waals surface area contributed by atoms with Gasteiger partial charge in [0, 0.05) is 105 Å². The Morgan fingerprint density at radius 3 is 1.97 bits per heavy atom. The van der Waals surface area contributed by atoms with E-state index in [1.165, 1.54) is 4.90 Å². The number of aliphatic hydroxyl groups excluding tert-OH is 2. The third-order valence-corrected chi connectivity index (χ3v) is 25.0. The predicted molar refractivity (Wildman–Crippen MR) is 472 cm³/mol. The first-order valence-electron chi connectivity index (χ1n) is 44.6. The van der Waals surface area contributed by atoms with Gasteiger partial charge < -0.3 is 114 Å². The number of anilines is 1. The molecule has 1 saturated carbocycles. The lowest BCUT2D eigenvalue weighted by Gasteiger charge is -2.42. The Morgan fingerprint density at radius 2 is 1.33 bits per heavy atom. The molecule has 16 atom stereocenters. The fourth-order valence-electron chi connectivity index (χ4n) is 16.2. The fourth-order valence-corrected chi connectivity index (χ4v) is 17.2. The van der Waals surface area contributed by atoms with Crippen LogP contribution in [0.1, 0.15) is 153 Å². The van der Waals surface area contributed by atoms with Crippen LogP contribution >= 0.6 is 0 Å². The van der Waals surface area contributed by atoms with E-state index in [0.29, 0.717) is 204 Å². The summed E-state index contributed by atoms with van der Waals surface area (Å²) in [5, 5.41) is 40.2. The maximum Gasteiger partial charge on any atom is 0.407 e. The smallest absolute Gasteiger partial charge is 0.407 e. The van der Waals surface area contributed by atoms with Gasteiger partial charge in [0.25, 0.3) is 17.6 Å². The minimum Gasteiger partial charge on any atom is -0.491 e. The Labute approximate surface area is 744 Å². The van der Waals surface area contributed by atoms with Gasteiger partial charge in [-0.3, -0.25) is 28.2 Å². The van der Waals surface area contributed by atoms with E-state index in [-0.39, 0.29) is 93.9 Å². The molecule has 33 heteroatoms. The van der Waals surface area contributed by atoms with E-state index in [1.807, 2.05) is 82.3 Å². The number of cyclic esters (lactones) is 1. The zero-order valence-electron chi connectivity index (χ0n) is 75.1. The molecule has 1 unspecified atom stereocenters. The first kappa shape index (κ1) is 104. The van der Waals surface area contributed by atoms with E-state index in [0.717, 1.165) is 28.0 Å². The number of ether oxygens (including phenoxy) is 14. The summed E-state index contributed by atoms with van der Waals surface area (Å²) in [5.41, 5.74) is 18.1. The van der Waals surface area contributed by atoms with Gasteiger partial charge in [0.15, 0.2) is 5.78 Å². The summed E-state index contributed by atoms with van der Waals surface area (Å²) in [6.45, 7) is 19.7. The number of methoxy groups -OCH3 is 2. The van der Waals surface area contributed by atoms with Crippen LogP contribution in [0.15, 0.2) is 107 Å². The number of pyridine rings is 1. The molecule has 3 fully saturated rings. The van der Waals surface area contributed by atoms with Crippen molar-refractivity contribution in [1.29, 1.82) is 0 Å². The van der Waals surface area contributed by atoms with Gasteiger partial charge in [-0.1, -0.05) is 70.2 Å². The summed E-state index contributed by atoms with van der Waals surface area (Å²) in [4.78, 5) is 104. The first-order chi connectivity index (χ1) is 60.7. The maximum atomic E-state index is 14.7. The average Bonchev–Trinajstić information content (AvgIpc) is 0.855. The number of nitrogens with one attached hydrogen (secondary N) is 2. The molecule has 2 bridgehead atoms. The molecule has 8 rings (SSSR count). The van der Waals surface area contributed by atoms with Crippen LogP contribution in [-0.2, 0) is 103 Å². The summed E-state index contributed by atoms with van der Waals surface area (Å²) in [5.74, 6) is -6.52. The van der Waals surface area contributed by atoms with Crippen molar-refractivity contribution in [2.75, 3.05) is 164 Å². The number of benzene rings is 2. The molecule has 32 nitrogen and oxygen atoms in total. The quantitative estimate of drug-likeness (QED) is 0.0122. The van der Waals surface area contributed by atoms with Gasteiger partial charge in [0.1, 0.15) is 48.6 Å². The van der Waals surface area contributed by atoms with Crippen molar-refractivity contribution < 1.29 is 119 Å². The highest BCUT2D eigenvalue weighted by Gasteiger charge is 2.53. The minimum atomic E-state index is -2.46. The van der Waals surface area contributed by atoms with Crippen LogP contribution in [0.2, 0.25) is 0 Å². The number of alkyl carbamates (subject to hydrolysis) is 1. The van der Waals surface area contributed by atoms with Gasteiger partial charge in [0.05, 0.1) is 141 Å². The van der Waals surface area contributed by atoms with Crippen molar-refractivity contribution in [2.24, 2.45) is 35.3 Å². The van der Waals surface area contributed by atoms with Gasteiger partial charge in [-0.25, -0.2) is 14.6 Å². The summed E-state index contributed by atoms with van der Waals surface area (Å²) < 4.78 is 94.1. The monoisotopic (exact) mass is 1790 g/mol. The van der Waals surface area contributed by atoms with Crippen LogP contribution < -0.4 is 26.8 Å². The number of aryl methyl sites for hydroxylation is 1. The van der Waals surface area contributed by atoms with Crippen LogP contribution in [0.3, 0.4) is 0 Å². The molecule has 1 aliphatic carbocycles.